The highest BCUT2D eigenvalue weighted by molar-refractivity contribution is 5.91. The van der Waals surface area contributed by atoms with Gasteiger partial charge >= 0.3 is 0 Å². The first-order valence-electron chi connectivity index (χ1n) is 10.0. The second kappa shape index (κ2) is 5.03. The number of rotatable bonds is 1. The zero-order valence-corrected chi connectivity index (χ0v) is 14.9. The van der Waals surface area contributed by atoms with Gasteiger partial charge in [0.15, 0.2) is 11.8 Å². The molecule has 0 spiro atoms. The topological polar surface area (TPSA) is 40.3 Å². The molecule has 0 amide bonds. The molecule has 5 rings (SSSR count). The Kier molecular flexibility index (Phi) is 3.21. The predicted octanol–water partition coefficient (Wildman–Crippen LogP) is 2.81. The third kappa shape index (κ3) is 2.00. The maximum Gasteiger partial charge on any atom is 0.219 e. The summed E-state index contributed by atoms with van der Waals surface area (Å²) in [5.41, 5.74) is 1.58. The highest BCUT2D eigenvalue weighted by atomic mass is 16.3. The van der Waals surface area contributed by atoms with Crippen molar-refractivity contribution in [3.63, 3.8) is 0 Å². The van der Waals surface area contributed by atoms with Crippen LogP contribution in [-0.4, -0.2) is 40.4 Å². The molecule has 4 aliphatic carbocycles. The number of hydrogen-bond donors (Lipinski definition) is 1. The van der Waals surface area contributed by atoms with Gasteiger partial charge in [0.1, 0.15) is 0 Å². The third-order valence-corrected chi connectivity index (χ3v) is 8.39. The quantitative estimate of drug-likeness (QED) is 0.752. The van der Waals surface area contributed by atoms with Gasteiger partial charge in [0, 0.05) is 18.4 Å². The molecule has 3 heteroatoms. The summed E-state index contributed by atoms with van der Waals surface area (Å²) in [5, 5.41) is 10.7. The largest absolute Gasteiger partial charge is 0.393 e. The average molecular weight is 328 g/mol. The average Bonchev–Trinajstić information content (AvgIpc) is 3.33. The van der Waals surface area contributed by atoms with E-state index >= 15 is 0 Å². The molecule has 0 radical (unpaired) electrons. The molecular weight excluding hydrogens is 298 g/mol. The van der Waals surface area contributed by atoms with Crippen LogP contribution in [-0.2, 0) is 4.79 Å². The summed E-state index contributed by atoms with van der Waals surface area (Å²) in [5.74, 6) is 3.74. The van der Waals surface area contributed by atoms with Crippen molar-refractivity contribution in [3.05, 3.63) is 11.6 Å². The van der Waals surface area contributed by atoms with Gasteiger partial charge in [0.2, 0.25) is 12.8 Å². The zero-order chi connectivity index (χ0) is 16.6. The van der Waals surface area contributed by atoms with Gasteiger partial charge in [0.25, 0.3) is 0 Å². The number of hydrogen-bond acceptors (Lipinski definition) is 2. The minimum atomic E-state index is -0.109. The first kappa shape index (κ1) is 15.3. The molecule has 5 unspecified atom stereocenters. The van der Waals surface area contributed by atoms with E-state index in [1.807, 2.05) is 6.08 Å². The Morgan fingerprint density at radius 3 is 2.83 bits per heavy atom. The van der Waals surface area contributed by atoms with E-state index in [1.165, 1.54) is 18.4 Å². The van der Waals surface area contributed by atoms with Crippen LogP contribution in [0.15, 0.2) is 11.6 Å². The Balaban J connectivity index is 1.56. The number of carbonyl (C=O) groups is 1. The molecule has 8 atom stereocenters. The van der Waals surface area contributed by atoms with Crippen LogP contribution in [0.5, 0.6) is 0 Å². The normalized spacial score (nSPS) is 52.8. The van der Waals surface area contributed by atoms with Gasteiger partial charge in [-0.1, -0.05) is 13.8 Å². The van der Waals surface area contributed by atoms with Gasteiger partial charge in [-0.3, -0.25) is 4.79 Å². The maximum absolute atomic E-state index is 12.1. The minimum Gasteiger partial charge on any atom is -0.393 e. The third-order valence-electron chi connectivity index (χ3n) is 8.39. The number of fused-ring (bicyclic) bond motifs is 5. The Morgan fingerprint density at radius 1 is 1.29 bits per heavy atom. The molecule has 0 saturated heterocycles. The van der Waals surface area contributed by atoms with E-state index < -0.39 is 0 Å². The van der Waals surface area contributed by atoms with Crippen molar-refractivity contribution in [3.8, 4) is 0 Å². The smallest absolute Gasteiger partial charge is 0.219 e. The molecule has 5 aliphatic rings. The summed E-state index contributed by atoms with van der Waals surface area (Å²) in [6.45, 7) is 5.86. The van der Waals surface area contributed by atoms with Gasteiger partial charge < -0.3 is 5.11 Å². The maximum atomic E-state index is 12.1. The lowest BCUT2D eigenvalue weighted by atomic mass is 9.48. The second-order valence-corrected chi connectivity index (χ2v) is 9.51. The van der Waals surface area contributed by atoms with Gasteiger partial charge in [0.05, 0.1) is 6.10 Å². The van der Waals surface area contributed by atoms with Crippen molar-refractivity contribution in [2.24, 2.45) is 35.0 Å². The summed E-state index contributed by atoms with van der Waals surface area (Å²) in [7, 11) is 0. The van der Waals surface area contributed by atoms with Crippen molar-refractivity contribution in [2.75, 3.05) is 6.54 Å². The second-order valence-electron chi connectivity index (χ2n) is 9.51. The molecule has 3 saturated carbocycles. The molecule has 0 aromatic carbocycles. The lowest BCUT2D eigenvalue weighted by molar-refractivity contribution is -0.482. The van der Waals surface area contributed by atoms with E-state index in [1.54, 1.807) is 0 Å². The van der Waals surface area contributed by atoms with Crippen LogP contribution in [0.3, 0.4) is 0 Å². The highest BCUT2D eigenvalue weighted by Crippen LogP contribution is 2.63. The van der Waals surface area contributed by atoms with E-state index in [0.717, 1.165) is 44.1 Å². The molecule has 24 heavy (non-hydrogen) atoms. The summed E-state index contributed by atoms with van der Waals surface area (Å²) >= 11 is 0. The standard InChI is InChI=1S/C21H30NO2/c1-12-11-21(2)17(5-6-19(21)24)16-10-18(22-7-8-22)15-9-13(23)3-4-14(15)20(12)16/h7,9,12,14,16-20,24H,3-6,8,10-11H2,1-2H3/q+1/t12-,14?,16?,17?,18?,19-,20?,21-/m0/s1. The zero-order valence-electron chi connectivity index (χ0n) is 14.9. The van der Waals surface area contributed by atoms with Crippen LogP contribution in [0.2, 0.25) is 0 Å². The van der Waals surface area contributed by atoms with E-state index in [4.69, 9.17) is 0 Å². The number of ketones is 1. The van der Waals surface area contributed by atoms with Crippen molar-refractivity contribution >= 4 is 12.0 Å². The lowest BCUT2D eigenvalue weighted by Crippen LogP contribution is -2.54. The number of nitrogens with zero attached hydrogens (tertiary/aromatic N) is 1. The van der Waals surface area contributed by atoms with Crippen LogP contribution < -0.4 is 0 Å². The molecule has 0 aromatic heterocycles. The first-order valence-corrected chi connectivity index (χ1v) is 10.0. The van der Waals surface area contributed by atoms with Crippen molar-refractivity contribution in [2.45, 2.75) is 64.5 Å². The highest BCUT2D eigenvalue weighted by Gasteiger charge is 2.61. The van der Waals surface area contributed by atoms with Gasteiger partial charge in [-0.25, -0.2) is 4.58 Å². The summed E-state index contributed by atoms with van der Waals surface area (Å²) in [6.07, 6.45) is 10.6. The Labute approximate surface area is 144 Å². The molecular formula is C21H30NO2+. The van der Waals surface area contributed by atoms with Crippen LogP contribution in [0.1, 0.15) is 52.4 Å². The molecule has 1 N–H and O–H groups in total. The van der Waals surface area contributed by atoms with Crippen molar-refractivity contribution in [1.29, 1.82) is 0 Å². The number of aliphatic hydroxyl groups excluding tert-OH is 1. The van der Waals surface area contributed by atoms with Crippen LogP contribution in [0.25, 0.3) is 0 Å². The van der Waals surface area contributed by atoms with Crippen LogP contribution in [0, 0.1) is 35.0 Å². The number of aliphatic hydroxyl groups is 1. The molecule has 1 heterocycles. The van der Waals surface area contributed by atoms with Gasteiger partial charge in [-0.05, 0) is 66.8 Å². The van der Waals surface area contributed by atoms with E-state index in [9.17, 15) is 9.90 Å². The van der Waals surface area contributed by atoms with Crippen LogP contribution in [0.4, 0.5) is 0 Å². The van der Waals surface area contributed by atoms with Gasteiger partial charge in [-0.2, -0.15) is 0 Å². The Bertz CT molecular complexity index is 650. The first-order chi connectivity index (χ1) is 11.5. The summed E-state index contributed by atoms with van der Waals surface area (Å²) in [4.78, 5) is 12.1. The fourth-order valence-electron chi connectivity index (χ4n) is 7.38. The number of carbonyl (C=O) groups excluding carboxylic acids is 1. The van der Waals surface area contributed by atoms with Crippen molar-refractivity contribution in [1.82, 2.24) is 0 Å². The monoisotopic (exact) mass is 328 g/mol. The lowest BCUT2D eigenvalue weighted by Gasteiger charge is -2.56. The fourth-order valence-corrected chi connectivity index (χ4v) is 7.38. The SMILES string of the molecule is C[C@H]1C[C@@]2(C)C(CC[C@@H]2O)C2CC([N+]3=CC3)C3=CC(=O)CCC3C21. The van der Waals surface area contributed by atoms with E-state index in [0.29, 0.717) is 29.6 Å². The minimum absolute atomic E-state index is 0.109. The van der Waals surface area contributed by atoms with E-state index in [2.05, 4.69) is 24.6 Å². The van der Waals surface area contributed by atoms with Crippen molar-refractivity contribution < 1.29 is 14.5 Å². The molecule has 3 nitrogen and oxygen atoms in total. The van der Waals surface area contributed by atoms with E-state index in [-0.39, 0.29) is 11.5 Å². The molecule has 1 aliphatic heterocycles. The van der Waals surface area contributed by atoms with Gasteiger partial charge in [-0.15, -0.1) is 0 Å². The Hall–Kier alpha value is -0.960. The fraction of sp³-hybridized carbons (Fsp3) is 0.810. The summed E-state index contributed by atoms with van der Waals surface area (Å²) in [6, 6.07) is 0.466. The molecule has 0 bridgehead atoms. The molecule has 0 aromatic rings. The predicted molar refractivity (Wildman–Crippen MR) is 93.0 cm³/mol. The molecule has 3 fully saturated rings. The van der Waals surface area contributed by atoms with Crippen LogP contribution >= 0.6 is 0 Å². The Morgan fingerprint density at radius 2 is 2.08 bits per heavy atom. The summed E-state index contributed by atoms with van der Waals surface area (Å²) < 4.78 is 2.45. The molecule has 130 valence electrons.